The molecule has 0 aliphatic heterocycles. The second-order valence-corrected chi connectivity index (χ2v) is 6.03. The first-order chi connectivity index (χ1) is 10.2. The topological polar surface area (TPSA) is 21.3 Å². The number of rotatable bonds is 6. The molecule has 0 aliphatic rings. The molecule has 0 fully saturated rings. The van der Waals surface area contributed by atoms with Crippen molar-refractivity contribution >= 4 is 15.9 Å². The van der Waals surface area contributed by atoms with E-state index in [1.807, 2.05) is 13.1 Å². The molecule has 0 spiro atoms. The van der Waals surface area contributed by atoms with Crippen LogP contribution in [-0.4, -0.2) is 13.7 Å². The maximum Gasteiger partial charge on any atom is 0.133 e. The van der Waals surface area contributed by atoms with Crippen molar-refractivity contribution in [3.63, 3.8) is 0 Å². The average Bonchev–Trinajstić information content (AvgIpc) is 2.49. The molecule has 0 bridgehead atoms. The highest BCUT2D eigenvalue weighted by Crippen LogP contribution is 2.31. The molecule has 3 heteroatoms. The number of ether oxygens (including phenoxy) is 1. The van der Waals surface area contributed by atoms with E-state index in [-0.39, 0.29) is 6.04 Å². The highest BCUT2D eigenvalue weighted by Gasteiger charge is 2.13. The van der Waals surface area contributed by atoms with Crippen LogP contribution in [0.25, 0.3) is 0 Å². The molecule has 0 saturated carbocycles. The Balaban J connectivity index is 2.26. The third kappa shape index (κ3) is 4.08. The summed E-state index contributed by atoms with van der Waals surface area (Å²) >= 11 is 3.61. The van der Waals surface area contributed by atoms with Gasteiger partial charge in [0.1, 0.15) is 5.75 Å². The van der Waals surface area contributed by atoms with Gasteiger partial charge in [-0.05, 0) is 59.6 Å². The first-order valence-corrected chi connectivity index (χ1v) is 8.11. The molecule has 21 heavy (non-hydrogen) atoms. The van der Waals surface area contributed by atoms with Gasteiger partial charge in [0.15, 0.2) is 0 Å². The van der Waals surface area contributed by atoms with Crippen molar-refractivity contribution in [2.75, 3.05) is 13.7 Å². The van der Waals surface area contributed by atoms with E-state index in [0.29, 0.717) is 0 Å². The molecule has 1 N–H and O–H groups in total. The fourth-order valence-electron chi connectivity index (χ4n) is 2.31. The summed E-state index contributed by atoms with van der Waals surface area (Å²) in [5.74, 6) is 0.902. The highest BCUT2D eigenvalue weighted by molar-refractivity contribution is 9.10. The Morgan fingerprint density at radius 2 is 1.76 bits per heavy atom. The van der Waals surface area contributed by atoms with Crippen molar-refractivity contribution in [1.82, 2.24) is 5.32 Å². The monoisotopic (exact) mass is 347 g/mol. The second-order valence-electron chi connectivity index (χ2n) is 5.17. The molecule has 1 atom stereocenters. The van der Waals surface area contributed by atoms with Gasteiger partial charge in [0.25, 0.3) is 0 Å². The van der Waals surface area contributed by atoms with Crippen LogP contribution in [0.3, 0.4) is 0 Å². The molecule has 0 saturated heterocycles. The standard InChI is InChI=1S/C18H22BrNO/c1-4-11-21-17-10-9-15(12-16(17)19)18(20-3)14-7-5-13(2)6-8-14/h5-10,12,18,20H,4,11H2,1-3H3. The minimum absolute atomic E-state index is 0.183. The Morgan fingerprint density at radius 3 is 2.33 bits per heavy atom. The van der Waals surface area contributed by atoms with Crippen molar-refractivity contribution in [3.8, 4) is 5.75 Å². The van der Waals surface area contributed by atoms with Crippen molar-refractivity contribution in [2.45, 2.75) is 26.3 Å². The maximum absolute atomic E-state index is 5.71. The van der Waals surface area contributed by atoms with E-state index in [9.17, 15) is 0 Å². The third-order valence-corrected chi connectivity index (χ3v) is 4.07. The first kappa shape index (κ1) is 16.1. The second kappa shape index (κ2) is 7.62. The highest BCUT2D eigenvalue weighted by atomic mass is 79.9. The molecular weight excluding hydrogens is 326 g/mol. The summed E-state index contributed by atoms with van der Waals surface area (Å²) in [7, 11) is 1.99. The Bertz CT molecular complexity index is 580. The van der Waals surface area contributed by atoms with E-state index >= 15 is 0 Å². The van der Waals surface area contributed by atoms with Gasteiger partial charge in [-0.3, -0.25) is 0 Å². The van der Waals surface area contributed by atoms with Crippen LogP contribution in [0.4, 0.5) is 0 Å². The number of hydrogen-bond acceptors (Lipinski definition) is 2. The van der Waals surface area contributed by atoms with Gasteiger partial charge < -0.3 is 10.1 Å². The number of aryl methyl sites for hydroxylation is 1. The molecular formula is C18H22BrNO. The van der Waals surface area contributed by atoms with E-state index < -0.39 is 0 Å². The molecule has 2 aromatic carbocycles. The minimum Gasteiger partial charge on any atom is -0.492 e. The van der Waals surface area contributed by atoms with Crippen LogP contribution in [-0.2, 0) is 0 Å². The summed E-state index contributed by atoms with van der Waals surface area (Å²) in [4.78, 5) is 0. The number of nitrogens with one attached hydrogen (secondary N) is 1. The molecule has 0 aromatic heterocycles. The van der Waals surface area contributed by atoms with Gasteiger partial charge in [0.05, 0.1) is 17.1 Å². The summed E-state index contributed by atoms with van der Waals surface area (Å²) < 4.78 is 6.71. The summed E-state index contributed by atoms with van der Waals surface area (Å²) in [6.45, 7) is 4.96. The quantitative estimate of drug-likeness (QED) is 0.805. The lowest BCUT2D eigenvalue weighted by atomic mass is 9.98. The van der Waals surface area contributed by atoms with Crippen LogP contribution >= 0.6 is 15.9 Å². The molecule has 0 amide bonds. The average molecular weight is 348 g/mol. The van der Waals surface area contributed by atoms with Crippen molar-refractivity contribution in [2.24, 2.45) is 0 Å². The molecule has 112 valence electrons. The minimum atomic E-state index is 0.183. The molecule has 2 nitrogen and oxygen atoms in total. The van der Waals surface area contributed by atoms with E-state index in [1.54, 1.807) is 0 Å². The molecule has 1 unspecified atom stereocenters. The molecule has 0 aliphatic carbocycles. The van der Waals surface area contributed by atoms with Crippen molar-refractivity contribution in [3.05, 3.63) is 63.6 Å². The third-order valence-electron chi connectivity index (χ3n) is 3.45. The zero-order chi connectivity index (χ0) is 15.2. The zero-order valence-corrected chi connectivity index (χ0v) is 14.4. The van der Waals surface area contributed by atoms with E-state index in [4.69, 9.17) is 4.74 Å². The Labute approximate surface area is 135 Å². The van der Waals surface area contributed by atoms with Crippen LogP contribution in [0.1, 0.15) is 36.1 Å². The van der Waals surface area contributed by atoms with Gasteiger partial charge in [0, 0.05) is 0 Å². The van der Waals surface area contributed by atoms with Gasteiger partial charge in [-0.1, -0.05) is 42.8 Å². The lowest BCUT2D eigenvalue weighted by Crippen LogP contribution is -2.17. The lowest BCUT2D eigenvalue weighted by molar-refractivity contribution is 0.315. The van der Waals surface area contributed by atoms with Crippen LogP contribution in [0, 0.1) is 6.92 Å². The van der Waals surface area contributed by atoms with Crippen LogP contribution in [0.2, 0.25) is 0 Å². The summed E-state index contributed by atoms with van der Waals surface area (Å²) in [6, 6.07) is 15.1. The largest absolute Gasteiger partial charge is 0.492 e. The fraction of sp³-hybridized carbons (Fsp3) is 0.333. The van der Waals surface area contributed by atoms with Crippen molar-refractivity contribution < 1.29 is 4.74 Å². The Hall–Kier alpha value is -1.32. The summed E-state index contributed by atoms with van der Waals surface area (Å²) in [5, 5.41) is 3.38. The van der Waals surface area contributed by atoms with E-state index in [0.717, 1.165) is 23.2 Å². The van der Waals surface area contributed by atoms with Gasteiger partial charge >= 0.3 is 0 Å². The van der Waals surface area contributed by atoms with E-state index in [2.05, 4.69) is 71.5 Å². The smallest absolute Gasteiger partial charge is 0.133 e. The maximum atomic E-state index is 5.71. The van der Waals surface area contributed by atoms with Crippen LogP contribution in [0.15, 0.2) is 46.9 Å². The predicted molar refractivity (Wildman–Crippen MR) is 92.0 cm³/mol. The zero-order valence-electron chi connectivity index (χ0n) is 12.8. The lowest BCUT2D eigenvalue weighted by Gasteiger charge is -2.19. The Morgan fingerprint density at radius 1 is 1.10 bits per heavy atom. The summed E-state index contributed by atoms with van der Waals surface area (Å²) in [6.07, 6.45) is 1.01. The molecule has 2 aromatic rings. The van der Waals surface area contributed by atoms with Crippen LogP contribution < -0.4 is 10.1 Å². The molecule has 2 rings (SSSR count). The predicted octanol–water partition coefficient (Wildman–Crippen LogP) is 4.86. The van der Waals surface area contributed by atoms with Crippen LogP contribution in [0.5, 0.6) is 5.75 Å². The van der Waals surface area contributed by atoms with Gasteiger partial charge in [-0.25, -0.2) is 0 Å². The number of hydrogen-bond donors (Lipinski definition) is 1. The normalized spacial score (nSPS) is 12.2. The molecule has 0 heterocycles. The van der Waals surface area contributed by atoms with Crippen molar-refractivity contribution in [1.29, 1.82) is 0 Å². The molecule has 0 radical (unpaired) electrons. The first-order valence-electron chi connectivity index (χ1n) is 7.31. The Kier molecular flexibility index (Phi) is 5.83. The van der Waals surface area contributed by atoms with E-state index in [1.165, 1.54) is 16.7 Å². The fourth-order valence-corrected chi connectivity index (χ4v) is 2.82. The SMILES string of the molecule is CCCOc1ccc(C(NC)c2ccc(C)cc2)cc1Br. The number of benzene rings is 2. The summed E-state index contributed by atoms with van der Waals surface area (Å²) in [5.41, 5.74) is 3.76. The van der Waals surface area contributed by atoms with Gasteiger partial charge in [-0.15, -0.1) is 0 Å². The van der Waals surface area contributed by atoms with Gasteiger partial charge in [0.2, 0.25) is 0 Å². The van der Waals surface area contributed by atoms with Gasteiger partial charge in [-0.2, -0.15) is 0 Å². The number of halogens is 1.